The van der Waals surface area contributed by atoms with Gasteiger partial charge in [0.05, 0.1) is 12.2 Å². The van der Waals surface area contributed by atoms with Crippen LogP contribution in [-0.4, -0.2) is 29.1 Å². The SMILES string of the molecule is Clc1ccnc(-c2nccn2Cc2nc3ccc(Cl)nn3c2Br)c1. The summed E-state index contributed by atoms with van der Waals surface area (Å²) in [6, 6.07) is 7.03. The van der Waals surface area contributed by atoms with Crippen LogP contribution in [0.3, 0.4) is 0 Å². The lowest BCUT2D eigenvalue weighted by Gasteiger charge is -2.06. The zero-order chi connectivity index (χ0) is 16.7. The number of rotatable bonds is 3. The molecule has 0 aliphatic rings. The number of hydrogen-bond donors (Lipinski definition) is 0. The standard InChI is InChI=1S/C15H9BrCl2N6/c16-14-11(21-13-2-1-12(18)22-24(13)14)8-23-6-5-20-15(23)10-7-9(17)3-4-19-10/h1-7H,8H2. The zero-order valence-corrected chi connectivity index (χ0v) is 15.2. The van der Waals surface area contributed by atoms with Crippen molar-refractivity contribution in [2.75, 3.05) is 0 Å². The van der Waals surface area contributed by atoms with Crippen molar-refractivity contribution < 1.29 is 0 Å². The Morgan fingerprint density at radius 3 is 2.79 bits per heavy atom. The van der Waals surface area contributed by atoms with Crippen molar-refractivity contribution in [3.05, 3.63) is 63.3 Å². The number of imidazole rings is 2. The molecule has 24 heavy (non-hydrogen) atoms. The molecule has 0 N–H and O–H groups in total. The molecule has 0 unspecified atom stereocenters. The quantitative estimate of drug-likeness (QED) is 0.497. The Morgan fingerprint density at radius 2 is 1.96 bits per heavy atom. The molecule has 0 aromatic carbocycles. The largest absolute Gasteiger partial charge is 0.324 e. The number of pyridine rings is 1. The highest BCUT2D eigenvalue weighted by molar-refractivity contribution is 9.10. The number of nitrogens with zero attached hydrogens (tertiary/aromatic N) is 6. The van der Waals surface area contributed by atoms with Gasteiger partial charge in [-0.1, -0.05) is 23.2 Å². The summed E-state index contributed by atoms with van der Waals surface area (Å²) in [6.45, 7) is 0.505. The highest BCUT2D eigenvalue weighted by atomic mass is 79.9. The fourth-order valence-corrected chi connectivity index (χ4v) is 3.16. The molecule has 4 aromatic rings. The smallest absolute Gasteiger partial charge is 0.159 e. The van der Waals surface area contributed by atoms with Crippen molar-refractivity contribution in [1.82, 2.24) is 29.1 Å². The average Bonchev–Trinajstić information content (AvgIpc) is 3.14. The van der Waals surface area contributed by atoms with E-state index in [1.54, 1.807) is 35.1 Å². The van der Waals surface area contributed by atoms with E-state index in [1.807, 2.05) is 16.8 Å². The van der Waals surface area contributed by atoms with Crippen molar-refractivity contribution in [2.24, 2.45) is 0 Å². The van der Waals surface area contributed by atoms with E-state index in [-0.39, 0.29) is 0 Å². The van der Waals surface area contributed by atoms with Gasteiger partial charge >= 0.3 is 0 Å². The van der Waals surface area contributed by atoms with Crippen molar-refractivity contribution in [3.8, 4) is 11.5 Å². The van der Waals surface area contributed by atoms with Gasteiger partial charge in [-0.25, -0.2) is 14.5 Å². The van der Waals surface area contributed by atoms with E-state index in [9.17, 15) is 0 Å². The first kappa shape index (κ1) is 15.6. The van der Waals surface area contributed by atoms with Gasteiger partial charge in [-0.3, -0.25) is 4.98 Å². The van der Waals surface area contributed by atoms with Crippen LogP contribution in [0.4, 0.5) is 0 Å². The van der Waals surface area contributed by atoms with Crippen LogP contribution in [0.25, 0.3) is 17.2 Å². The van der Waals surface area contributed by atoms with Gasteiger partial charge in [0, 0.05) is 23.6 Å². The van der Waals surface area contributed by atoms with Crippen LogP contribution >= 0.6 is 39.1 Å². The van der Waals surface area contributed by atoms with Gasteiger partial charge < -0.3 is 4.57 Å². The molecule has 0 bridgehead atoms. The van der Waals surface area contributed by atoms with Gasteiger partial charge in [0.15, 0.2) is 11.5 Å². The number of hydrogen-bond acceptors (Lipinski definition) is 4. The normalized spacial score (nSPS) is 11.3. The Labute approximate surface area is 155 Å². The first-order valence-corrected chi connectivity index (χ1v) is 8.49. The van der Waals surface area contributed by atoms with Crippen molar-refractivity contribution in [3.63, 3.8) is 0 Å². The monoisotopic (exact) mass is 422 g/mol. The van der Waals surface area contributed by atoms with Gasteiger partial charge in [0.2, 0.25) is 0 Å². The Hall–Kier alpha value is -1.96. The molecular weight excluding hydrogens is 415 g/mol. The fraction of sp³-hybridized carbons (Fsp3) is 0.0667. The topological polar surface area (TPSA) is 60.9 Å². The first-order chi connectivity index (χ1) is 11.6. The maximum absolute atomic E-state index is 6.05. The van der Waals surface area contributed by atoms with Gasteiger partial charge in [-0.05, 0) is 40.2 Å². The van der Waals surface area contributed by atoms with Gasteiger partial charge in [0.1, 0.15) is 15.5 Å². The lowest BCUT2D eigenvalue weighted by molar-refractivity contribution is 0.777. The summed E-state index contributed by atoms with van der Waals surface area (Å²) in [7, 11) is 0. The molecule has 9 heteroatoms. The number of aromatic nitrogens is 6. The molecule has 0 spiro atoms. The predicted molar refractivity (Wildman–Crippen MR) is 95.3 cm³/mol. The maximum atomic E-state index is 6.05. The van der Waals surface area contributed by atoms with E-state index in [4.69, 9.17) is 23.2 Å². The van der Waals surface area contributed by atoms with Crippen LogP contribution in [0.2, 0.25) is 10.2 Å². The number of halogens is 3. The van der Waals surface area contributed by atoms with Crippen LogP contribution in [0, 0.1) is 0 Å². The van der Waals surface area contributed by atoms with Crippen LogP contribution in [0.5, 0.6) is 0 Å². The summed E-state index contributed by atoms with van der Waals surface area (Å²) in [5.74, 6) is 0.715. The second-order valence-corrected chi connectivity index (χ2v) is 6.59. The maximum Gasteiger partial charge on any atom is 0.159 e. The van der Waals surface area contributed by atoms with Crippen molar-refractivity contribution in [2.45, 2.75) is 6.54 Å². The summed E-state index contributed by atoms with van der Waals surface area (Å²) < 4.78 is 4.36. The second-order valence-electron chi connectivity index (χ2n) is 5.01. The molecular formula is C15H9BrCl2N6. The summed E-state index contributed by atoms with van der Waals surface area (Å²) >= 11 is 15.5. The number of fused-ring (bicyclic) bond motifs is 1. The molecule has 0 fully saturated rings. The lowest BCUT2D eigenvalue weighted by Crippen LogP contribution is -2.03. The molecule has 4 heterocycles. The van der Waals surface area contributed by atoms with E-state index in [1.165, 1.54) is 0 Å². The molecule has 0 aliphatic heterocycles. The minimum Gasteiger partial charge on any atom is -0.324 e. The van der Waals surface area contributed by atoms with E-state index >= 15 is 0 Å². The zero-order valence-electron chi connectivity index (χ0n) is 12.1. The van der Waals surface area contributed by atoms with Crippen LogP contribution in [0.15, 0.2) is 47.5 Å². The lowest BCUT2D eigenvalue weighted by atomic mass is 10.3. The van der Waals surface area contributed by atoms with Crippen LogP contribution in [0.1, 0.15) is 5.69 Å². The van der Waals surface area contributed by atoms with E-state index in [0.29, 0.717) is 33.9 Å². The molecule has 120 valence electrons. The molecule has 0 amide bonds. The third-order valence-electron chi connectivity index (χ3n) is 3.44. The fourth-order valence-electron chi connectivity index (χ4n) is 2.39. The summed E-state index contributed by atoms with van der Waals surface area (Å²) in [5, 5.41) is 5.25. The van der Waals surface area contributed by atoms with E-state index < -0.39 is 0 Å². The molecule has 0 atom stereocenters. The van der Waals surface area contributed by atoms with E-state index in [2.05, 4.69) is 36.0 Å². The van der Waals surface area contributed by atoms with Crippen molar-refractivity contribution >= 4 is 44.8 Å². The average molecular weight is 424 g/mol. The van der Waals surface area contributed by atoms with Crippen LogP contribution < -0.4 is 0 Å². The molecule has 4 aromatic heterocycles. The highest BCUT2D eigenvalue weighted by Gasteiger charge is 2.14. The highest BCUT2D eigenvalue weighted by Crippen LogP contribution is 2.23. The minimum absolute atomic E-state index is 0.401. The Bertz CT molecular complexity index is 1040. The predicted octanol–water partition coefficient (Wildman–Crippen LogP) is 4.11. The molecule has 0 radical (unpaired) electrons. The summed E-state index contributed by atoms with van der Waals surface area (Å²) in [5.41, 5.74) is 2.23. The minimum atomic E-state index is 0.401. The van der Waals surface area contributed by atoms with Gasteiger partial charge in [-0.2, -0.15) is 5.10 Å². The van der Waals surface area contributed by atoms with Gasteiger partial charge in [-0.15, -0.1) is 0 Å². The summed E-state index contributed by atoms with van der Waals surface area (Å²) in [4.78, 5) is 13.3. The summed E-state index contributed by atoms with van der Waals surface area (Å²) in [6.07, 6.45) is 5.24. The first-order valence-electron chi connectivity index (χ1n) is 6.94. The van der Waals surface area contributed by atoms with Crippen LogP contribution in [-0.2, 0) is 6.54 Å². The van der Waals surface area contributed by atoms with E-state index in [0.717, 1.165) is 10.3 Å². The Morgan fingerprint density at radius 1 is 1.08 bits per heavy atom. The molecule has 0 aliphatic carbocycles. The Kier molecular flexibility index (Phi) is 3.99. The second kappa shape index (κ2) is 6.16. The third-order valence-corrected chi connectivity index (χ3v) is 4.67. The Balaban J connectivity index is 1.75. The third kappa shape index (κ3) is 2.79. The van der Waals surface area contributed by atoms with Gasteiger partial charge in [0.25, 0.3) is 0 Å². The molecule has 6 nitrogen and oxygen atoms in total. The van der Waals surface area contributed by atoms with Crippen molar-refractivity contribution in [1.29, 1.82) is 0 Å². The molecule has 0 saturated heterocycles. The molecule has 0 saturated carbocycles. The molecule has 4 rings (SSSR count).